The molecule has 5 rings (SSSR count). The number of rotatable bonds is 5. The van der Waals surface area contributed by atoms with Crippen LogP contribution in [-0.2, 0) is 16.1 Å². The quantitative estimate of drug-likeness (QED) is 0.612. The Labute approximate surface area is 197 Å². The van der Waals surface area contributed by atoms with Crippen molar-refractivity contribution in [1.82, 2.24) is 4.90 Å². The number of ether oxygens (including phenoxy) is 2. The lowest BCUT2D eigenvalue weighted by atomic mass is 9.65. The van der Waals surface area contributed by atoms with E-state index >= 15 is 0 Å². The second-order valence-corrected chi connectivity index (χ2v) is 11.7. The topological polar surface area (TPSA) is 68.0 Å². The molecule has 2 heterocycles. The number of nitrogen functional groups attached to an aromatic ring is 1. The first-order valence-corrected chi connectivity index (χ1v) is 12.3. The van der Waals surface area contributed by atoms with Gasteiger partial charge in [0.2, 0.25) is 0 Å². The Morgan fingerprint density at radius 1 is 1.03 bits per heavy atom. The molecule has 1 saturated carbocycles. The predicted molar refractivity (Wildman–Crippen MR) is 130 cm³/mol. The molecule has 3 aliphatic rings. The van der Waals surface area contributed by atoms with Gasteiger partial charge in [0.25, 0.3) is 0 Å². The summed E-state index contributed by atoms with van der Waals surface area (Å²) >= 11 is 0. The van der Waals surface area contributed by atoms with Crippen molar-refractivity contribution in [2.45, 2.75) is 77.6 Å². The largest absolute Gasteiger partial charge is 0.399 e. The number of nitrogens with two attached hydrogens (primary N) is 1. The fourth-order valence-electron chi connectivity index (χ4n) is 6.79. The van der Waals surface area contributed by atoms with Crippen LogP contribution < -0.4 is 5.73 Å². The van der Waals surface area contributed by atoms with E-state index in [1.54, 1.807) is 0 Å². The zero-order valence-corrected chi connectivity index (χ0v) is 20.2. The summed E-state index contributed by atoms with van der Waals surface area (Å²) in [4.78, 5) is 2.69. The lowest BCUT2D eigenvalue weighted by Gasteiger charge is -2.41. The van der Waals surface area contributed by atoms with E-state index in [2.05, 4.69) is 37.8 Å². The Balaban J connectivity index is 1.37. The van der Waals surface area contributed by atoms with Crippen molar-refractivity contribution < 1.29 is 14.6 Å². The molecule has 33 heavy (non-hydrogen) atoms. The van der Waals surface area contributed by atoms with Crippen LogP contribution in [-0.4, -0.2) is 35.2 Å². The molecule has 178 valence electrons. The molecule has 0 radical (unpaired) electrons. The van der Waals surface area contributed by atoms with E-state index in [-0.39, 0.29) is 18.8 Å². The number of anilines is 1. The highest BCUT2D eigenvalue weighted by Crippen LogP contribution is 2.52. The molecule has 2 saturated heterocycles. The Morgan fingerprint density at radius 2 is 1.82 bits per heavy atom. The minimum absolute atomic E-state index is 0.0505. The van der Waals surface area contributed by atoms with E-state index in [0.717, 1.165) is 36.2 Å². The van der Waals surface area contributed by atoms with Crippen molar-refractivity contribution >= 4 is 5.69 Å². The zero-order valence-electron chi connectivity index (χ0n) is 20.2. The van der Waals surface area contributed by atoms with Crippen molar-refractivity contribution in [3.8, 4) is 0 Å². The maximum Gasteiger partial charge on any atom is 0.185 e. The van der Waals surface area contributed by atoms with Crippen molar-refractivity contribution in [3.05, 3.63) is 65.2 Å². The third-order valence-corrected chi connectivity index (χ3v) is 7.76. The van der Waals surface area contributed by atoms with Crippen LogP contribution in [0.2, 0.25) is 0 Å². The van der Waals surface area contributed by atoms with Gasteiger partial charge in [-0.05, 0) is 53.4 Å². The first-order chi connectivity index (χ1) is 15.7. The van der Waals surface area contributed by atoms with Crippen molar-refractivity contribution in [2.24, 2.45) is 10.8 Å². The van der Waals surface area contributed by atoms with Crippen LogP contribution >= 0.6 is 0 Å². The fraction of sp³-hybridized carbons (Fsp3) is 0.571. The van der Waals surface area contributed by atoms with Crippen LogP contribution in [0, 0.1) is 10.8 Å². The first-order valence-electron chi connectivity index (χ1n) is 12.3. The fourth-order valence-corrected chi connectivity index (χ4v) is 6.79. The van der Waals surface area contributed by atoms with Crippen molar-refractivity contribution in [2.75, 3.05) is 18.8 Å². The summed E-state index contributed by atoms with van der Waals surface area (Å²) in [6.07, 6.45) is 4.26. The summed E-state index contributed by atoms with van der Waals surface area (Å²) in [6, 6.07) is 16.6. The molecule has 2 aromatic rings. The number of nitrogens with zero attached hydrogens (tertiary/aromatic N) is 1. The molecule has 2 bridgehead atoms. The number of likely N-dealkylation sites (tertiary alicyclic amines) is 1. The van der Waals surface area contributed by atoms with Gasteiger partial charge in [-0.15, -0.1) is 0 Å². The molecule has 0 spiro atoms. The zero-order chi connectivity index (χ0) is 23.2. The SMILES string of the molecule is CC1(C)CC2CC(C)(CN2C[C@H]2C[C@@H](c3ccc(CO)cc3)O[C@@H](c3cccc(N)c3)O2)C1. The van der Waals surface area contributed by atoms with E-state index < -0.39 is 6.29 Å². The molecule has 2 unspecified atom stereocenters. The molecule has 0 amide bonds. The van der Waals surface area contributed by atoms with Crippen LogP contribution in [0.4, 0.5) is 5.69 Å². The molecule has 2 aliphatic heterocycles. The van der Waals surface area contributed by atoms with E-state index in [0.29, 0.717) is 22.6 Å². The molecule has 5 nitrogen and oxygen atoms in total. The highest BCUT2D eigenvalue weighted by atomic mass is 16.7. The molecule has 0 aromatic heterocycles. The number of hydrogen-bond acceptors (Lipinski definition) is 5. The van der Waals surface area contributed by atoms with Crippen LogP contribution in [0.3, 0.4) is 0 Å². The molecule has 3 N–H and O–H groups in total. The second-order valence-electron chi connectivity index (χ2n) is 11.7. The Kier molecular flexibility index (Phi) is 6.02. The summed E-state index contributed by atoms with van der Waals surface area (Å²) in [5.74, 6) is 0. The van der Waals surface area contributed by atoms with Gasteiger partial charge in [-0.2, -0.15) is 0 Å². The predicted octanol–water partition coefficient (Wildman–Crippen LogP) is 5.21. The van der Waals surface area contributed by atoms with Crippen LogP contribution in [0.1, 0.15) is 75.5 Å². The summed E-state index contributed by atoms with van der Waals surface area (Å²) in [6.45, 7) is 9.45. The number of fused-ring (bicyclic) bond motifs is 2. The van der Waals surface area contributed by atoms with E-state index in [1.807, 2.05) is 36.4 Å². The maximum atomic E-state index is 9.42. The van der Waals surface area contributed by atoms with Gasteiger partial charge in [0, 0.05) is 36.8 Å². The highest BCUT2D eigenvalue weighted by molar-refractivity contribution is 5.41. The van der Waals surface area contributed by atoms with Gasteiger partial charge >= 0.3 is 0 Å². The van der Waals surface area contributed by atoms with Gasteiger partial charge in [-0.3, -0.25) is 4.90 Å². The smallest absolute Gasteiger partial charge is 0.185 e. The van der Waals surface area contributed by atoms with Crippen LogP contribution in [0.5, 0.6) is 0 Å². The third kappa shape index (κ3) is 4.97. The first kappa shape index (κ1) is 22.9. The normalized spacial score (nSPS) is 33.8. The van der Waals surface area contributed by atoms with Crippen molar-refractivity contribution in [1.29, 1.82) is 0 Å². The van der Waals surface area contributed by atoms with Gasteiger partial charge in [0.15, 0.2) is 6.29 Å². The van der Waals surface area contributed by atoms with Gasteiger partial charge < -0.3 is 20.3 Å². The summed E-state index contributed by atoms with van der Waals surface area (Å²) in [5, 5.41) is 9.42. The van der Waals surface area contributed by atoms with Gasteiger partial charge in [-0.25, -0.2) is 0 Å². The lowest BCUT2D eigenvalue weighted by Crippen LogP contribution is -2.42. The molecular weight excluding hydrogens is 412 g/mol. The Hall–Kier alpha value is -1.92. The van der Waals surface area contributed by atoms with Crippen LogP contribution in [0.15, 0.2) is 48.5 Å². The summed E-state index contributed by atoms with van der Waals surface area (Å²) in [7, 11) is 0. The monoisotopic (exact) mass is 450 g/mol. The molecule has 5 atom stereocenters. The van der Waals surface area contributed by atoms with E-state index in [4.69, 9.17) is 15.2 Å². The third-order valence-electron chi connectivity index (χ3n) is 7.76. The number of aliphatic hydroxyl groups is 1. The Bertz CT molecular complexity index is 975. The summed E-state index contributed by atoms with van der Waals surface area (Å²) in [5.41, 5.74) is 10.6. The molecule has 5 heteroatoms. The van der Waals surface area contributed by atoms with Crippen LogP contribution in [0.25, 0.3) is 0 Å². The average molecular weight is 451 g/mol. The summed E-state index contributed by atoms with van der Waals surface area (Å²) < 4.78 is 13.0. The molecule has 2 aromatic carbocycles. The molecule has 1 aliphatic carbocycles. The van der Waals surface area contributed by atoms with Gasteiger partial charge in [0.05, 0.1) is 18.8 Å². The maximum absolute atomic E-state index is 9.42. The minimum Gasteiger partial charge on any atom is -0.399 e. The second kappa shape index (κ2) is 8.70. The standard InChI is InChI=1S/C28H38N2O3/c1-27(2)13-23-14-28(3,17-27)18-30(23)15-24-12-25(20-9-7-19(16-31)8-10-20)33-26(32-24)21-5-4-6-22(29)11-21/h4-11,23-26,31H,12-18,29H2,1-3H3/t23?,24-,25+,26+,28?/m1/s1. The minimum atomic E-state index is -0.441. The average Bonchev–Trinajstić information content (AvgIpc) is 3.01. The molecular formula is C28H38N2O3. The number of benzene rings is 2. The van der Waals surface area contributed by atoms with Gasteiger partial charge in [-0.1, -0.05) is 57.2 Å². The van der Waals surface area contributed by atoms with Crippen molar-refractivity contribution in [3.63, 3.8) is 0 Å². The lowest BCUT2D eigenvalue weighted by molar-refractivity contribution is -0.253. The number of hydrogen-bond donors (Lipinski definition) is 2. The highest BCUT2D eigenvalue weighted by Gasteiger charge is 2.50. The van der Waals surface area contributed by atoms with E-state index in [9.17, 15) is 5.11 Å². The van der Waals surface area contributed by atoms with Gasteiger partial charge in [0.1, 0.15) is 0 Å². The Morgan fingerprint density at radius 3 is 2.55 bits per heavy atom. The van der Waals surface area contributed by atoms with E-state index in [1.165, 1.54) is 19.3 Å². The number of aliphatic hydroxyl groups excluding tert-OH is 1. The molecule has 3 fully saturated rings.